The molecule has 1 heterocycles. The standard InChI is InChI=1S/C29H48N4O4/c1-4-5-6-7-8-9-10-11-12-13-14-15-16-17-18-19-25(34)33-29(2,3)20-26(35)32-24-22-31-21-23(27(24)30)28(36)37/h11-12,21-22H,4-10,13-20H2,1-3H3,(H2,30,31)(H,32,35)(H,33,34)(H,36,37)/b12-11-. The topological polar surface area (TPSA) is 134 Å². The van der Waals surface area contributed by atoms with Gasteiger partial charge in [-0.15, -0.1) is 0 Å². The van der Waals surface area contributed by atoms with Gasteiger partial charge in [0.25, 0.3) is 0 Å². The van der Waals surface area contributed by atoms with Crippen LogP contribution in [0, 0.1) is 0 Å². The van der Waals surface area contributed by atoms with Crippen molar-refractivity contribution < 1.29 is 19.5 Å². The van der Waals surface area contributed by atoms with Gasteiger partial charge in [-0.1, -0.05) is 70.4 Å². The maximum Gasteiger partial charge on any atom is 0.339 e. The predicted molar refractivity (Wildman–Crippen MR) is 151 cm³/mol. The zero-order chi connectivity index (χ0) is 27.5. The summed E-state index contributed by atoms with van der Waals surface area (Å²) in [6, 6.07) is 0. The Morgan fingerprint density at radius 3 is 2.05 bits per heavy atom. The van der Waals surface area contributed by atoms with Crippen LogP contribution in [0.3, 0.4) is 0 Å². The molecular formula is C29H48N4O4. The van der Waals surface area contributed by atoms with Crippen molar-refractivity contribution in [2.45, 2.75) is 123 Å². The van der Waals surface area contributed by atoms with Gasteiger partial charge in [-0.25, -0.2) is 4.79 Å². The molecule has 208 valence electrons. The third-order valence-corrected chi connectivity index (χ3v) is 6.24. The summed E-state index contributed by atoms with van der Waals surface area (Å²) in [6.07, 6.45) is 23.2. The summed E-state index contributed by atoms with van der Waals surface area (Å²) in [7, 11) is 0. The summed E-state index contributed by atoms with van der Waals surface area (Å²) in [5.74, 6) is -1.68. The van der Waals surface area contributed by atoms with Gasteiger partial charge in [-0.3, -0.25) is 14.6 Å². The molecular weight excluding hydrogens is 468 g/mol. The van der Waals surface area contributed by atoms with E-state index in [4.69, 9.17) is 10.8 Å². The Morgan fingerprint density at radius 1 is 0.892 bits per heavy atom. The van der Waals surface area contributed by atoms with Crippen LogP contribution in [0.4, 0.5) is 11.4 Å². The Hall–Kier alpha value is -2.90. The zero-order valence-corrected chi connectivity index (χ0v) is 23.1. The fraction of sp³-hybridized carbons (Fsp3) is 0.655. The Morgan fingerprint density at radius 2 is 1.46 bits per heavy atom. The molecule has 1 aromatic rings. The molecule has 0 aliphatic carbocycles. The minimum atomic E-state index is -1.22. The first-order chi connectivity index (χ1) is 17.7. The van der Waals surface area contributed by atoms with E-state index < -0.39 is 11.5 Å². The number of nitrogens with zero attached hydrogens (tertiary/aromatic N) is 1. The molecule has 0 fully saturated rings. The highest BCUT2D eigenvalue weighted by atomic mass is 16.4. The van der Waals surface area contributed by atoms with Crippen molar-refractivity contribution in [1.82, 2.24) is 10.3 Å². The van der Waals surface area contributed by atoms with Gasteiger partial charge in [-0.2, -0.15) is 0 Å². The Kier molecular flexibility index (Phi) is 15.9. The van der Waals surface area contributed by atoms with E-state index in [2.05, 4.69) is 34.7 Å². The van der Waals surface area contributed by atoms with Crippen molar-refractivity contribution >= 4 is 29.2 Å². The lowest BCUT2D eigenvalue weighted by molar-refractivity contribution is -0.123. The monoisotopic (exact) mass is 516 g/mol. The number of amides is 2. The number of anilines is 2. The number of carbonyl (C=O) groups excluding carboxylic acids is 2. The summed E-state index contributed by atoms with van der Waals surface area (Å²) < 4.78 is 0. The molecule has 0 bridgehead atoms. The van der Waals surface area contributed by atoms with Gasteiger partial charge in [0, 0.05) is 24.6 Å². The fourth-order valence-corrected chi connectivity index (χ4v) is 4.18. The molecule has 0 aromatic carbocycles. The van der Waals surface area contributed by atoms with E-state index in [1.807, 2.05) is 0 Å². The van der Waals surface area contributed by atoms with Crippen molar-refractivity contribution in [3.05, 3.63) is 30.1 Å². The van der Waals surface area contributed by atoms with E-state index >= 15 is 0 Å². The number of carbonyl (C=O) groups is 3. The minimum absolute atomic E-state index is 0.0157. The Balaban J connectivity index is 2.15. The third kappa shape index (κ3) is 15.1. The lowest BCUT2D eigenvalue weighted by Gasteiger charge is -2.26. The fourth-order valence-electron chi connectivity index (χ4n) is 4.18. The Bertz CT molecular complexity index is 867. The highest BCUT2D eigenvalue weighted by Crippen LogP contribution is 2.22. The van der Waals surface area contributed by atoms with Crippen LogP contribution in [0.1, 0.15) is 127 Å². The van der Waals surface area contributed by atoms with Crippen LogP contribution >= 0.6 is 0 Å². The number of allylic oxidation sites excluding steroid dienone is 2. The molecule has 0 spiro atoms. The van der Waals surface area contributed by atoms with Gasteiger partial charge in [-0.05, 0) is 46.0 Å². The van der Waals surface area contributed by atoms with Gasteiger partial charge in [0.05, 0.1) is 17.6 Å². The lowest BCUT2D eigenvalue weighted by atomic mass is 9.99. The molecule has 2 amide bonds. The van der Waals surface area contributed by atoms with Gasteiger partial charge < -0.3 is 21.5 Å². The van der Waals surface area contributed by atoms with Gasteiger partial charge in [0.1, 0.15) is 5.56 Å². The quantitative estimate of drug-likeness (QED) is 0.114. The van der Waals surface area contributed by atoms with Crippen LogP contribution in [0.15, 0.2) is 24.5 Å². The molecule has 0 saturated carbocycles. The predicted octanol–water partition coefficient (Wildman–Crippen LogP) is 6.62. The van der Waals surface area contributed by atoms with Crippen LogP contribution in [-0.4, -0.2) is 33.4 Å². The molecule has 0 aliphatic rings. The van der Waals surface area contributed by atoms with Crippen LogP contribution in [0.2, 0.25) is 0 Å². The number of carboxylic acids is 1. The van der Waals surface area contributed by atoms with E-state index in [0.29, 0.717) is 6.42 Å². The summed E-state index contributed by atoms with van der Waals surface area (Å²) in [6.45, 7) is 5.80. The highest BCUT2D eigenvalue weighted by Gasteiger charge is 2.24. The van der Waals surface area contributed by atoms with Gasteiger partial charge in [0.2, 0.25) is 11.8 Å². The SMILES string of the molecule is CCCCCCCC/C=C\CCCCCCCC(=O)NC(C)(C)CC(=O)Nc1cncc(C(=O)O)c1N. The van der Waals surface area contributed by atoms with E-state index in [-0.39, 0.29) is 35.2 Å². The van der Waals surface area contributed by atoms with E-state index in [1.165, 1.54) is 64.0 Å². The maximum absolute atomic E-state index is 12.5. The third-order valence-electron chi connectivity index (χ3n) is 6.24. The van der Waals surface area contributed by atoms with Gasteiger partial charge >= 0.3 is 5.97 Å². The average Bonchev–Trinajstić information content (AvgIpc) is 2.82. The number of carboxylic acid groups (broad SMARTS) is 1. The first-order valence-corrected chi connectivity index (χ1v) is 13.9. The molecule has 0 radical (unpaired) electrons. The second-order valence-electron chi connectivity index (χ2n) is 10.4. The van der Waals surface area contributed by atoms with Crippen LogP contribution in [0.5, 0.6) is 0 Å². The van der Waals surface area contributed by atoms with E-state index in [1.54, 1.807) is 13.8 Å². The maximum atomic E-state index is 12.5. The second-order valence-corrected chi connectivity index (χ2v) is 10.4. The normalized spacial score (nSPS) is 11.5. The summed E-state index contributed by atoms with van der Waals surface area (Å²) in [5, 5.41) is 14.6. The number of aromatic nitrogens is 1. The number of nitrogens with two attached hydrogens (primary N) is 1. The number of unbranched alkanes of at least 4 members (excludes halogenated alkanes) is 11. The molecule has 0 saturated heterocycles. The number of rotatable bonds is 20. The lowest BCUT2D eigenvalue weighted by Crippen LogP contribution is -2.45. The first-order valence-electron chi connectivity index (χ1n) is 13.9. The largest absolute Gasteiger partial charge is 0.478 e. The van der Waals surface area contributed by atoms with Crippen molar-refractivity contribution in [3.63, 3.8) is 0 Å². The summed E-state index contributed by atoms with van der Waals surface area (Å²) >= 11 is 0. The molecule has 1 rings (SSSR count). The second kappa shape index (κ2) is 18.4. The van der Waals surface area contributed by atoms with Crippen molar-refractivity contribution in [2.24, 2.45) is 0 Å². The molecule has 0 unspecified atom stereocenters. The summed E-state index contributed by atoms with van der Waals surface area (Å²) in [5.41, 5.74) is 4.97. The zero-order valence-electron chi connectivity index (χ0n) is 23.1. The highest BCUT2D eigenvalue weighted by molar-refractivity contribution is 6.01. The number of nitrogen functional groups attached to an aromatic ring is 1. The molecule has 5 N–H and O–H groups in total. The molecule has 8 nitrogen and oxygen atoms in total. The number of hydrogen-bond donors (Lipinski definition) is 4. The number of aromatic carboxylic acids is 1. The average molecular weight is 517 g/mol. The minimum Gasteiger partial charge on any atom is -0.478 e. The van der Waals surface area contributed by atoms with E-state index in [0.717, 1.165) is 31.9 Å². The molecule has 0 atom stereocenters. The van der Waals surface area contributed by atoms with Crippen molar-refractivity contribution in [1.29, 1.82) is 0 Å². The smallest absolute Gasteiger partial charge is 0.339 e. The molecule has 37 heavy (non-hydrogen) atoms. The van der Waals surface area contributed by atoms with Crippen molar-refractivity contribution in [2.75, 3.05) is 11.1 Å². The number of pyridine rings is 1. The van der Waals surface area contributed by atoms with Crippen LogP contribution < -0.4 is 16.4 Å². The summed E-state index contributed by atoms with van der Waals surface area (Å²) in [4.78, 5) is 39.8. The van der Waals surface area contributed by atoms with Crippen molar-refractivity contribution in [3.8, 4) is 0 Å². The number of nitrogens with one attached hydrogen (secondary N) is 2. The molecule has 8 heteroatoms. The first kappa shape index (κ1) is 32.1. The molecule has 0 aliphatic heterocycles. The van der Waals surface area contributed by atoms with E-state index in [9.17, 15) is 14.4 Å². The van der Waals surface area contributed by atoms with Gasteiger partial charge in [0.15, 0.2) is 0 Å². The number of hydrogen-bond acceptors (Lipinski definition) is 5. The Labute approximate surface area is 222 Å². The molecule has 1 aromatic heterocycles. The van der Waals surface area contributed by atoms with Crippen LogP contribution in [-0.2, 0) is 9.59 Å². The van der Waals surface area contributed by atoms with Crippen LogP contribution in [0.25, 0.3) is 0 Å².